The van der Waals surface area contributed by atoms with Crippen molar-refractivity contribution >= 4 is 12.6 Å². The van der Waals surface area contributed by atoms with E-state index in [9.17, 15) is 8.78 Å². The Bertz CT molecular complexity index is 536. The Morgan fingerprint density at radius 3 is 2.14 bits per heavy atom. The van der Waals surface area contributed by atoms with Gasteiger partial charge in [0.2, 0.25) is 5.95 Å². The number of halogens is 2. The smallest absolute Gasteiger partial charge is 0.399 e. The van der Waals surface area contributed by atoms with Crippen LogP contribution < -0.4 is 5.46 Å². The molecular weight excluding hydrogens is 279 g/mol. The van der Waals surface area contributed by atoms with E-state index in [1.165, 1.54) is 6.07 Å². The Morgan fingerprint density at radius 1 is 1.14 bits per heavy atom. The van der Waals surface area contributed by atoms with E-state index in [-0.39, 0.29) is 11.4 Å². The lowest BCUT2D eigenvalue weighted by atomic mass is 9.79. The van der Waals surface area contributed by atoms with Gasteiger partial charge < -0.3 is 14.0 Å². The molecule has 2 aliphatic heterocycles. The van der Waals surface area contributed by atoms with Crippen LogP contribution in [0.1, 0.15) is 39.3 Å². The molecule has 1 aromatic rings. The highest BCUT2D eigenvalue weighted by Gasteiger charge is 2.53. The SMILES string of the molecule is CC1(C)OB(c2c(F)cc(C3COC3)nc2F)OC1(C)C. The van der Waals surface area contributed by atoms with Gasteiger partial charge in [-0.2, -0.15) is 4.39 Å². The van der Waals surface area contributed by atoms with Crippen LogP contribution in [0.15, 0.2) is 6.07 Å². The molecule has 114 valence electrons. The molecule has 2 aliphatic rings. The number of hydrogen-bond acceptors (Lipinski definition) is 4. The fraction of sp³-hybridized carbons (Fsp3) is 0.643. The normalized spacial score (nSPS) is 24.2. The summed E-state index contributed by atoms with van der Waals surface area (Å²) >= 11 is 0. The van der Waals surface area contributed by atoms with Crippen LogP contribution in [0.25, 0.3) is 0 Å². The third-order valence-electron chi connectivity index (χ3n) is 4.53. The number of ether oxygens (including phenoxy) is 1. The summed E-state index contributed by atoms with van der Waals surface area (Å²) in [5, 5.41) is 0. The molecule has 0 aromatic carbocycles. The molecule has 1 aromatic heterocycles. The number of nitrogens with zero attached hydrogens (tertiary/aromatic N) is 1. The number of rotatable bonds is 2. The first kappa shape index (κ1) is 14.9. The standard InChI is InChI=1S/C14H18BF2NO3/c1-13(2)14(3,4)21-15(20-13)11-9(16)5-10(18-12(11)17)8-6-19-7-8/h5,8H,6-7H2,1-4H3. The van der Waals surface area contributed by atoms with Crippen molar-refractivity contribution in [1.29, 1.82) is 0 Å². The second-order valence-corrected chi connectivity index (χ2v) is 6.56. The summed E-state index contributed by atoms with van der Waals surface area (Å²) in [6, 6.07) is 1.25. The van der Waals surface area contributed by atoms with E-state index >= 15 is 0 Å². The Kier molecular flexibility index (Phi) is 3.35. The van der Waals surface area contributed by atoms with E-state index in [2.05, 4.69) is 4.98 Å². The van der Waals surface area contributed by atoms with Crippen molar-refractivity contribution in [2.75, 3.05) is 13.2 Å². The molecule has 0 aliphatic carbocycles. The van der Waals surface area contributed by atoms with Crippen LogP contribution >= 0.6 is 0 Å². The second-order valence-electron chi connectivity index (χ2n) is 6.56. The van der Waals surface area contributed by atoms with E-state index < -0.39 is 30.1 Å². The van der Waals surface area contributed by atoms with E-state index in [4.69, 9.17) is 14.0 Å². The average molecular weight is 297 g/mol. The summed E-state index contributed by atoms with van der Waals surface area (Å²) in [6.45, 7) is 8.21. The van der Waals surface area contributed by atoms with Crippen molar-refractivity contribution in [1.82, 2.24) is 4.98 Å². The summed E-state index contributed by atoms with van der Waals surface area (Å²) in [7, 11) is -1.09. The van der Waals surface area contributed by atoms with Crippen molar-refractivity contribution in [2.45, 2.75) is 44.8 Å². The minimum absolute atomic E-state index is 0.0404. The molecule has 2 fully saturated rings. The summed E-state index contributed by atoms with van der Waals surface area (Å²) in [5.41, 5.74) is -1.21. The van der Waals surface area contributed by atoms with Crippen LogP contribution in [0, 0.1) is 11.8 Å². The Morgan fingerprint density at radius 2 is 1.71 bits per heavy atom. The number of pyridine rings is 1. The van der Waals surface area contributed by atoms with Crippen LogP contribution in [0.2, 0.25) is 0 Å². The predicted molar refractivity (Wildman–Crippen MR) is 73.4 cm³/mol. The highest BCUT2D eigenvalue weighted by atomic mass is 19.1. The van der Waals surface area contributed by atoms with E-state index in [0.717, 1.165) is 0 Å². The molecule has 0 amide bonds. The zero-order chi connectivity index (χ0) is 15.4. The highest BCUT2D eigenvalue weighted by Crippen LogP contribution is 2.37. The maximum absolute atomic E-state index is 14.3. The van der Waals surface area contributed by atoms with Crippen molar-refractivity contribution in [3.8, 4) is 0 Å². The van der Waals surface area contributed by atoms with E-state index in [0.29, 0.717) is 18.9 Å². The lowest BCUT2D eigenvalue weighted by molar-refractivity contribution is 0.00578. The second kappa shape index (κ2) is 4.73. The molecule has 0 unspecified atom stereocenters. The molecule has 0 spiro atoms. The summed E-state index contributed by atoms with van der Waals surface area (Å²) < 4.78 is 44.9. The monoisotopic (exact) mass is 297 g/mol. The van der Waals surface area contributed by atoms with Crippen molar-refractivity contribution in [2.24, 2.45) is 0 Å². The van der Waals surface area contributed by atoms with Gasteiger partial charge in [-0.3, -0.25) is 0 Å². The van der Waals surface area contributed by atoms with E-state index in [1.807, 2.05) is 27.7 Å². The van der Waals surface area contributed by atoms with Crippen molar-refractivity contribution in [3.05, 3.63) is 23.5 Å². The molecule has 7 heteroatoms. The van der Waals surface area contributed by atoms with Gasteiger partial charge in [0.1, 0.15) is 5.82 Å². The Hall–Kier alpha value is -1.05. The highest BCUT2D eigenvalue weighted by molar-refractivity contribution is 6.62. The van der Waals surface area contributed by atoms with Crippen LogP contribution in [0.4, 0.5) is 8.78 Å². The van der Waals surface area contributed by atoms with Crippen molar-refractivity contribution < 1.29 is 22.8 Å². The van der Waals surface area contributed by atoms with E-state index in [1.54, 1.807) is 0 Å². The van der Waals surface area contributed by atoms with Crippen LogP contribution in [0.5, 0.6) is 0 Å². The Labute approximate surface area is 122 Å². The first-order chi connectivity index (χ1) is 9.71. The average Bonchev–Trinajstić information content (AvgIpc) is 2.43. The van der Waals surface area contributed by atoms with Gasteiger partial charge in [0, 0.05) is 5.92 Å². The molecule has 0 atom stereocenters. The molecule has 0 saturated carbocycles. The van der Waals surface area contributed by atoms with Crippen LogP contribution in [0.3, 0.4) is 0 Å². The quantitative estimate of drug-likeness (QED) is 0.616. The first-order valence-electron chi connectivity index (χ1n) is 7.00. The maximum Gasteiger partial charge on any atom is 0.502 e. The largest absolute Gasteiger partial charge is 0.502 e. The summed E-state index contributed by atoms with van der Waals surface area (Å²) in [6.07, 6.45) is 0. The molecule has 21 heavy (non-hydrogen) atoms. The van der Waals surface area contributed by atoms with Gasteiger partial charge in [-0.15, -0.1) is 0 Å². The van der Waals surface area contributed by atoms with Crippen molar-refractivity contribution in [3.63, 3.8) is 0 Å². The molecular formula is C14H18BF2NO3. The number of hydrogen-bond donors (Lipinski definition) is 0. The lowest BCUT2D eigenvalue weighted by Crippen LogP contribution is -2.41. The van der Waals surface area contributed by atoms with Gasteiger partial charge in [0.15, 0.2) is 0 Å². The van der Waals surface area contributed by atoms with Gasteiger partial charge in [-0.05, 0) is 33.8 Å². The van der Waals surface area contributed by atoms with Gasteiger partial charge in [0.25, 0.3) is 0 Å². The predicted octanol–water partition coefficient (Wildman–Crippen LogP) is 1.77. The third-order valence-corrected chi connectivity index (χ3v) is 4.53. The fourth-order valence-electron chi connectivity index (χ4n) is 2.30. The van der Waals surface area contributed by atoms with Gasteiger partial charge in [-0.1, -0.05) is 0 Å². The Balaban J connectivity index is 1.93. The van der Waals surface area contributed by atoms with Gasteiger partial charge >= 0.3 is 7.12 Å². The minimum Gasteiger partial charge on any atom is -0.399 e. The first-order valence-corrected chi connectivity index (χ1v) is 7.00. The van der Waals surface area contributed by atoms with Crippen LogP contribution in [-0.4, -0.2) is 36.5 Å². The molecule has 0 bridgehead atoms. The molecule has 3 rings (SSSR count). The maximum atomic E-state index is 14.3. The summed E-state index contributed by atoms with van der Waals surface area (Å²) in [4.78, 5) is 3.85. The molecule has 3 heterocycles. The zero-order valence-electron chi connectivity index (χ0n) is 12.6. The third kappa shape index (κ3) is 2.37. The molecule has 0 N–H and O–H groups in total. The molecule has 2 saturated heterocycles. The minimum atomic E-state index is -1.09. The van der Waals surface area contributed by atoms with Crippen LogP contribution in [-0.2, 0) is 14.0 Å². The topological polar surface area (TPSA) is 40.6 Å². The zero-order valence-corrected chi connectivity index (χ0v) is 12.6. The fourth-order valence-corrected chi connectivity index (χ4v) is 2.30. The summed E-state index contributed by atoms with van der Waals surface area (Å²) in [5.74, 6) is -1.61. The van der Waals surface area contributed by atoms with Gasteiger partial charge in [-0.25, -0.2) is 9.37 Å². The molecule has 0 radical (unpaired) electrons. The number of aromatic nitrogens is 1. The lowest BCUT2D eigenvalue weighted by Gasteiger charge is -2.32. The van der Waals surface area contributed by atoms with Gasteiger partial charge in [0.05, 0.1) is 35.6 Å². The molecule has 4 nitrogen and oxygen atoms in total.